The predicted octanol–water partition coefficient (Wildman–Crippen LogP) is 2.57. The fraction of sp³-hybridized carbons (Fsp3) is 0.789. The molecule has 1 rings (SSSR count). The molecule has 0 N–H and O–H groups in total. The van der Waals surface area contributed by atoms with Crippen LogP contribution in [0.5, 0.6) is 0 Å². The van der Waals surface area contributed by atoms with E-state index in [2.05, 4.69) is 18.7 Å². The number of carbonyl (C=O) groups excluding carboxylic acids is 2. The molecule has 25 heavy (non-hydrogen) atoms. The molecule has 0 radical (unpaired) electrons. The van der Waals surface area contributed by atoms with Crippen molar-refractivity contribution >= 4 is 11.9 Å². The normalized spacial score (nSPS) is 15.6. The lowest BCUT2D eigenvalue weighted by Crippen LogP contribution is -2.36. The van der Waals surface area contributed by atoms with Crippen LogP contribution in [0.25, 0.3) is 0 Å². The van der Waals surface area contributed by atoms with Gasteiger partial charge in [0.05, 0.1) is 26.4 Å². The van der Waals surface area contributed by atoms with Gasteiger partial charge in [-0.05, 0) is 31.7 Å². The molecule has 6 nitrogen and oxygen atoms in total. The second kappa shape index (κ2) is 13.8. The van der Waals surface area contributed by atoms with Crippen molar-refractivity contribution in [1.82, 2.24) is 4.90 Å². The third-order valence-electron chi connectivity index (χ3n) is 4.01. The number of unbranched alkanes of at least 4 members (excludes halogenated alkanes) is 3. The molecule has 1 heterocycles. The fourth-order valence-electron chi connectivity index (χ4n) is 2.42. The zero-order valence-electron chi connectivity index (χ0n) is 15.7. The number of nitrogens with zero attached hydrogens (tertiary/aromatic N) is 1. The summed E-state index contributed by atoms with van der Waals surface area (Å²) >= 11 is 0. The molecule has 0 spiro atoms. The first-order chi connectivity index (χ1) is 12.1. The molecule has 0 amide bonds. The molecule has 0 aromatic heterocycles. The molecule has 0 aromatic rings. The maximum Gasteiger partial charge on any atom is 0.331 e. The zero-order chi connectivity index (χ0) is 18.3. The number of carbonyl (C=O) groups is 2. The highest BCUT2D eigenvalue weighted by Gasteiger charge is 2.09. The summed E-state index contributed by atoms with van der Waals surface area (Å²) in [6, 6.07) is 0. The van der Waals surface area contributed by atoms with E-state index in [-0.39, 0.29) is 0 Å². The third-order valence-corrected chi connectivity index (χ3v) is 4.01. The van der Waals surface area contributed by atoms with Gasteiger partial charge in [0.15, 0.2) is 0 Å². The summed E-state index contributed by atoms with van der Waals surface area (Å²) in [5, 5.41) is 0. The highest BCUT2D eigenvalue weighted by atomic mass is 16.5. The van der Waals surface area contributed by atoms with E-state index in [9.17, 15) is 9.59 Å². The van der Waals surface area contributed by atoms with Crippen LogP contribution in [0.1, 0.15) is 46.0 Å². The molecule has 1 fully saturated rings. The third kappa shape index (κ3) is 12.6. The molecular formula is C19H33NO5. The average Bonchev–Trinajstić information content (AvgIpc) is 2.59. The van der Waals surface area contributed by atoms with E-state index in [4.69, 9.17) is 14.2 Å². The van der Waals surface area contributed by atoms with Crippen LogP contribution in [0.15, 0.2) is 12.2 Å². The predicted molar refractivity (Wildman–Crippen MR) is 96.2 cm³/mol. The van der Waals surface area contributed by atoms with E-state index in [1.54, 1.807) is 0 Å². The van der Waals surface area contributed by atoms with Crippen LogP contribution in [0.2, 0.25) is 0 Å². The standard InChI is InChI=1S/C19H33NO5/c1-17(2)9-14-25-19(22)8-7-18(21)24-13-6-4-3-5-10-20-11-15-23-16-12-20/h7-8,17H,3-6,9-16H2,1-2H3/b8-7+. The van der Waals surface area contributed by atoms with Gasteiger partial charge in [-0.25, -0.2) is 9.59 Å². The Morgan fingerprint density at radius 3 is 2.20 bits per heavy atom. The Hall–Kier alpha value is -1.40. The van der Waals surface area contributed by atoms with E-state index in [1.165, 1.54) is 0 Å². The van der Waals surface area contributed by atoms with Crippen LogP contribution in [0.4, 0.5) is 0 Å². The van der Waals surface area contributed by atoms with Crippen LogP contribution in [-0.2, 0) is 23.8 Å². The monoisotopic (exact) mass is 355 g/mol. The SMILES string of the molecule is CC(C)CCOC(=O)/C=C/C(=O)OCCCCCCN1CCOCC1. The van der Waals surface area contributed by atoms with Crippen molar-refractivity contribution in [2.75, 3.05) is 46.1 Å². The summed E-state index contributed by atoms with van der Waals surface area (Å²) in [5.74, 6) is -0.509. The minimum atomic E-state index is -0.499. The summed E-state index contributed by atoms with van der Waals surface area (Å²) in [6.45, 7) is 9.75. The molecular weight excluding hydrogens is 322 g/mol. The van der Waals surface area contributed by atoms with Gasteiger partial charge in [-0.1, -0.05) is 26.7 Å². The van der Waals surface area contributed by atoms with Crippen molar-refractivity contribution in [3.05, 3.63) is 12.2 Å². The van der Waals surface area contributed by atoms with E-state index in [1.807, 2.05) is 0 Å². The molecule has 0 saturated carbocycles. The van der Waals surface area contributed by atoms with Gasteiger partial charge in [-0.15, -0.1) is 0 Å². The first kappa shape index (κ1) is 21.6. The molecule has 1 saturated heterocycles. The van der Waals surface area contributed by atoms with Crippen LogP contribution < -0.4 is 0 Å². The molecule has 6 heteroatoms. The van der Waals surface area contributed by atoms with Gasteiger partial charge in [-0.2, -0.15) is 0 Å². The number of hydrogen-bond donors (Lipinski definition) is 0. The summed E-state index contributed by atoms with van der Waals surface area (Å²) in [5.41, 5.74) is 0. The Morgan fingerprint density at radius 2 is 1.56 bits per heavy atom. The summed E-state index contributed by atoms with van der Waals surface area (Å²) < 4.78 is 15.4. The number of rotatable bonds is 12. The highest BCUT2D eigenvalue weighted by molar-refractivity contribution is 5.91. The summed E-state index contributed by atoms with van der Waals surface area (Å²) in [7, 11) is 0. The Kier molecular flexibility index (Phi) is 12.0. The second-order valence-electron chi connectivity index (χ2n) is 6.72. The van der Waals surface area contributed by atoms with Gasteiger partial charge in [0.25, 0.3) is 0 Å². The average molecular weight is 355 g/mol. The molecule has 1 aliphatic rings. The molecule has 0 aliphatic carbocycles. The summed E-state index contributed by atoms with van der Waals surface area (Å²) in [6.07, 6.45) is 7.26. The first-order valence-corrected chi connectivity index (χ1v) is 9.39. The van der Waals surface area contributed by atoms with E-state index in [0.29, 0.717) is 19.1 Å². The second-order valence-corrected chi connectivity index (χ2v) is 6.72. The van der Waals surface area contributed by atoms with Crippen molar-refractivity contribution < 1.29 is 23.8 Å². The Labute approximate surface area is 151 Å². The van der Waals surface area contributed by atoms with Gasteiger partial charge < -0.3 is 14.2 Å². The molecule has 0 atom stereocenters. The van der Waals surface area contributed by atoms with Crippen molar-refractivity contribution in [2.24, 2.45) is 5.92 Å². The number of morpholine rings is 1. The van der Waals surface area contributed by atoms with Gasteiger partial charge >= 0.3 is 11.9 Å². The lowest BCUT2D eigenvalue weighted by atomic mass is 10.1. The van der Waals surface area contributed by atoms with E-state index < -0.39 is 11.9 Å². The highest BCUT2D eigenvalue weighted by Crippen LogP contribution is 2.04. The lowest BCUT2D eigenvalue weighted by molar-refractivity contribution is -0.140. The molecule has 0 unspecified atom stereocenters. The van der Waals surface area contributed by atoms with Crippen LogP contribution >= 0.6 is 0 Å². The van der Waals surface area contributed by atoms with Crippen LogP contribution in [0, 0.1) is 5.92 Å². The van der Waals surface area contributed by atoms with Gasteiger partial charge in [-0.3, -0.25) is 4.90 Å². The topological polar surface area (TPSA) is 65.1 Å². The molecule has 1 aliphatic heterocycles. The number of esters is 2. The first-order valence-electron chi connectivity index (χ1n) is 9.39. The number of ether oxygens (including phenoxy) is 3. The van der Waals surface area contributed by atoms with Crippen molar-refractivity contribution in [1.29, 1.82) is 0 Å². The largest absolute Gasteiger partial charge is 0.463 e. The quantitative estimate of drug-likeness (QED) is 0.305. The van der Waals surface area contributed by atoms with Gasteiger partial charge in [0.2, 0.25) is 0 Å². The summed E-state index contributed by atoms with van der Waals surface area (Å²) in [4.78, 5) is 25.3. The van der Waals surface area contributed by atoms with Gasteiger partial charge in [0.1, 0.15) is 0 Å². The van der Waals surface area contributed by atoms with Crippen LogP contribution in [0.3, 0.4) is 0 Å². The molecule has 144 valence electrons. The lowest BCUT2D eigenvalue weighted by Gasteiger charge is -2.26. The zero-order valence-corrected chi connectivity index (χ0v) is 15.7. The van der Waals surface area contributed by atoms with Crippen molar-refractivity contribution in [2.45, 2.75) is 46.0 Å². The minimum Gasteiger partial charge on any atom is -0.463 e. The van der Waals surface area contributed by atoms with E-state index in [0.717, 1.165) is 77.1 Å². The maximum atomic E-state index is 11.5. The smallest absolute Gasteiger partial charge is 0.331 e. The minimum absolute atomic E-state index is 0.375. The Morgan fingerprint density at radius 1 is 0.960 bits per heavy atom. The van der Waals surface area contributed by atoms with E-state index >= 15 is 0 Å². The molecule has 0 aromatic carbocycles. The Balaban J connectivity index is 1.93. The maximum absolute atomic E-state index is 11.5. The van der Waals surface area contributed by atoms with Crippen molar-refractivity contribution in [3.63, 3.8) is 0 Å². The number of hydrogen-bond acceptors (Lipinski definition) is 6. The van der Waals surface area contributed by atoms with Crippen molar-refractivity contribution in [3.8, 4) is 0 Å². The fourth-order valence-corrected chi connectivity index (χ4v) is 2.42. The van der Waals surface area contributed by atoms with Gasteiger partial charge in [0, 0.05) is 25.2 Å². The van der Waals surface area contributed by atoms with Crippen LogP contribution in [-0.4, -0.2) is 62.9 Å². The molecule has 0 bridgehead atoms. The Bertz CT molecular complexity index is 403.